The van der Waals surface area contributed by atoms with Crippen LogP contribution in [0.15, 0.2) is 60.9 Å². The van der Waals surface area contributed by atoms with Gasteiger partial charge in [-0.2, -0.15) is 0 Å². The Morgan fingerprint density at radius 2 is 1.87 bits per heavy atom. The van der Waals surface area contributed by atoms with Crippen LogP contribution in [0.1, 0.15) is 41.8 Å². The van der Waals surface area contributed by atoms with Gasteiger partial charge in [0.15, 0.2) is 17.0 Å². The van der Waals surface area contributed by atoms with Gasteiger partial charge in [0.05, 0.1) is 24.4 Å². The molecule has 0 saturated heterocycles. The number of anilines is 1. The molecule has 2 unspecified atom stereocenters. The number of nitrogens with one attached hydrogen (secondary N) is 2. The van der Waals surface area contributed by atoms with Crippen molar-refractivity contribution >= 4 is 22.9 Å². The van der Waals surface area contributed by atoms with Gasteiger partial charge in [-0.25, -0.2) is 19.3 Å². The fourth-order valence-corrected chi connectivity index (χ4v) is 5.34. The Hall–Kier alpha value is -4.33. The van der Waals surface area contributed by atoms with E-state index in [2.05, 4.69) is 49.6 Å². The average molecular weight is 527 g/mol. The second-order valence-corrected chi connectivity index (χ2v) is 9.99. The minimum atomic E-state index is -1.22. The molecular formula is C29H27FN6O3. The van der Waals surface area contributed by atoms with Gasteiger partial charge in [0, 0.05) is 24.6 Å². The number of rotatable bonds is 5. The van der Waals surface area contributed by atoms with Crippen molar-refractivity contribution in [1.82, 2.24) is 24.8 Å². The second-order valence-electron chi connectivity index (χ2n) is 9.99. The fourth-order valence-electron chi connectivity index (χ4n) is 5.34. The molecule has 1 amide bonds. The lowest BCUT2D eigenvalue weighted by Crippen LogP contribution is -2.36. The van der Waals surface area contributed by atoms with Crippen LogP contribution in [0.3, 0.4) is 0 Å². The predicted octanol–water partition coefficient (Wildman–Crippen LogP) is 2.36. The Kier molecular flexibility index (Phi) is 6.46. The molecule has 0 aliphatic heterocycles. The lowest BCUT2D eigenvalue weighted by molar-refractivity contribution is -0.128. The minimum Gasteiger partial charge on any atom is -0.390 e. The standard InChI is InChI=1S/C29H27FN6O3/c1-31-29(39)20-14-22(26(38)25(20)37)36-15-32-24-27(33-21-13-19(21)17-7-3-2-4-8-17)34-23(35-28(24)36)11-10-16-6-5-9-18(30)12-16/h2-9,12,15,19-22,25-26,37-38H,13-14H2,1H3,(H,31,39)(H,33,34,35)/t19?,20-,21?,22+,25+,26-/m0/s1. The number of carbonyl (C=O) groups excluding carboxylic acids is 1. The topological polar surface area (TPSA) is 125 Å². The third-order valence-electron chi connectivity index (χ3n) is 7.50. The summed E-state index contributed by atoms with van der Waals surface area (Å²) >= 11 is 0. The Bertz CT molecular complexity index is 1600. The summed E-state index contributed by atoms with van der Waals surface area (Å²) in [6.07, 6.45) is 0.273. The molecule has 0 spiro atoms. The molecule has 2 aromatic heterocycles. The van der Waals surface area contributed by atoms with Crippen LogP contribution in [0.25, 0.3) is 11.2 Å². The number of aromatic nitrogens is 4. The number of nitrogens with zero attached hydrogens (tertiary/aromatic N) is 4. The lowest BCUT2D eigenvalue weighted by atomic mass is 10.1. The summed E-state index contributed by atoms with van der Waals surface area (Å²) in [6.45, 7) is 0. The molecule has 0 bridgehead atoms. The molecule has 2 aliphatic carbocycles. The molecule has 2 aromatic carbocycles. The van der Waals surface area contributed by atoms with E-state index in [1.807, 2.05) is 18.2 Å². The minimum absolute atomic E-state index is 0.149. The van der Waals surface area contributed by atoms with E-state index in [4.69, 9.17) is 0 Å². The van der Waals surface area contributed by atoms with E-state index in [1.165, 1.54) is 24.7 Å². The van der Waals surface area contributed by atoms with Crippen LogP contribution in [0, 0.1) is 23.6 Å². The van der Waals surface area contributed by atoms with E-state index in [-0.39, 0.29) is 24.2 Å². The molecule has 6 rings (SSSR count). The summed E-state index contributed by atoms with van der Waals surface area (Å²) in [5.74, 6) is 5.37. The summed E-state index contributed by atoms with van der Waals surface area (Å²) in [5, 5.41) is 27.4. The summed E-state index contributed by atoms with van der Waals surface area (Å²) < 4.78 is 15.3. The van der Waals surface area contributed by atoms with Crippen molar-refractivity contribution in [3.8, 4) is 11.8 Å². The number of fused-ring (bicyclic) bond motifs is 1. The van der Waals surface area contributed by atoms with E-state index >= 15 is 0 Å². The number of imidazole rings is 1. The summed E-state index contributed by atoms with van der Waals surface area (Å²) in [4.78, 5) is 26.1. The highest BCUT2D eigenvalue weighted by atomic mass is 19.1. The maximum absolute atomic E-state index is 13.7. The number of carbonyl (C=O) groups is 1. The van der Waals surface area contributed by atoms with Crippen LogP contribution in [-0.4, -0.2) is 60.9 Å². The zero-order valence-electron chi connectivity index (χ0n) is 21.1. The summed E-state index contributed by atoms with van der Waals surface area (Å²) in [5.41, 5.74) is 2.63. The number of halogens is 1. The van der Waals surface area contributed by atoms with Crippen molar-refractivity contribution in [2.24, 2.45) is 5.92 Å². The zero-order chi connectivity index (χ0) is 27.1. The third kappa shape index (κ3) is 4.82. The molecule has 0 radical (unpaired) electrons. The largest absolute Gasteiger partial charge is 0.390 e. The quantitative estimate of drug-likeness (QED) is 0.294. The van der Waals surface area contributed by atoms with Gasteiger partial charge in [-0.15, -0.1) is 0 Å². The van der Waals surface area contributed by atoms with Gasteiger partial charge in [0.2, 0.25) is 11.7 Å². The molecule has 4 aromatic rings. The molecule has 39 heavy (non-hydrogen) atoms. The molecule has 6 atom stereocenters. The smallest absolute Gasteiger partial charge is 0.225 e. The lowest BCUT2D eigenvalue weighted by Gasteiger charge is -2.18. The first kappa shape index (κ1) is 25.0. The Balaban J connectivity index is 1.38. The number of aliphatic hydroxyl groups is 2. The van der Waals surface area contributed by atoms with Gasteiger partial charge in [0.25, 0.3) is 0 Å². The van der Waals surface area contributed by atoms with E-state index in [0.717, 1.165) is 6.42 Å². The number of hydrogen-bond donors (Lipinski definition) is 4. The van der Waals surface area contributed by atoms with Crippen LogP contribution in [0.5, 0.6) is 0 Å². The highest BCUT2D eigenvalue weighted by molar-refractivity contribution is 5.84. The first-order valence-electron chi connectivity index (χ1n) is 12.8. The van der Waals surface area contributed by atoms with Crippen LogP contribution in [0.2, 0.25) is 0 Å². The fraction of sp³-hybridized carbons (Fsp3) is 0.310. The second kappa shape index (κ2) is 10.1. The Morgan fingerprint density at radius 1 is 1.05 bits per heavy atom. The van der Waals surface area contributed by atoms with Gasteiger partial charge in [-0.05, 0) is 42.5 Å². The van der Waals surface area contributed by atoms with Gasteiger partial charge in [-0.1, -0.05) is 42.3 Å². The first-order chi connectivity index (χ1) is 18.9. The number of hydrogen-bond acceptors (Lipinski definition) is 7. The Labute approximate surface area is 224 Å². The van der Waals surface area contributed by atoms with Crippen molar-refractivity contribution in [3.05, 3.63) is 83.7 Å². The number of aliphatic hydroxyl groups excluding tert-OH is 2. The maximum atomic E-state index is 13.7. The van der Waals surface area contributed by atoms with Crippen molar-refractivity contribution in [1.29, 1.82) is 0 Å². The molecule has 2 heterocycles. The van der Waals surface area contributed by atoms with Crippen molar-refractivity contribution in [3.63, 3.8) is 0 Å². The third-order valence-corrected chi connectivity index (χ3v) is 7.50. The van der Waals surface area contributed by atoms with Crippen molar-refractivity contribution in [2.75, 3.05) is 12.4 Å². The number of amides is 1. The molecule has 2 fully saturated rings. The highest BCUT2D eigenvalue weighted by Gasteiger charge is 2.46. The average Bonchev–Trinajstić information content (AvgIpc) is 3.49. The normalized spacial score (nSPS) is 25.6. The van der Waals surface area contributed by atoms with Crippen LogP contribution >= 0.6 is 0 Å². The van der Waals surface area contributed by atoms with E-state index in [0.29, 0.717) is 28.5 Å². The monoisotopic (exact) mass is 526 g/mol. The molecule has 10 heteroatoms. The van der Waals surface area contributed by atoms with Gasteiger partial charge in [-0.3, -0.25) is 4.79 Å². The Morgan fingerprint density at radius 3 is 2.64 bits per heavy atom. The van der Waals surface area contributed by atoms with E-state index in [9.17, 15) is 19.4 Å². The molecule has 198 valence electrons. The summed E-state index contributed by atoms with van der Waals surface area (Å²) in [6, 6.07) is 15.7. The zero-order valence-corrected chi connectivity index (χ0v) is 21.1. The maximum Gasteiger partial charge on any atom is 0.225 e. The van der Waals surface area contributed by atoms with Crippen LogP contribution in [-0.2, 0) is 4.79 Å². The first-order valence-corrected chi connectivity index (χ1v) is 12.8. The van der Waals surface area contributed by atoms with Crippen molar-refractivity contribution < 1.29 is 19.4 Å². The van der Waals surface area contributed by atoms with E-state index < -0.39 is 30.0 Å². The van der Waals surface area contributed by atoms with E-state index in [1.54, 1.807) is 23.0 Å². The van der Waals surface area contributed by atoms with Gasteiger partial charge >= 0.3 is 0 Å². The number of benzene rings is 2. The molecule has 4 N–H and O–H groups in total. The highest BCUT2D eigenvalue weighted by Crippen LogP contribution is 2.43. The van der Waals surface area contributed by atoms with Crippen LogP contribution in [0.4, 0.5) is 10.2 Å². The SMILES string of the molecule is CNC(=O)[C@H]1C[C@@H](n2cnc3c(NC4CC4c4ccccc4)nc(C#Cc4cccc(F)c4)nc32)[C@H](O)[C@@H]1O. The molecule has 9 nitrogen and oxygen atoms in total. The summed E-state index contributed by atoms with van der Waals surface area (Å²) in [7, 11) is 1.50. The molecule has 2 saturated carbocycles. The van der Waals surface area contributed by atoms with Crippen molar-refractivity contribution in [2.45, 2.75) is 43.1 Å². The van der Waals surface area contributed by atoms with Crippen LogP contribution < -0.4 is 10.6 Å². The van der Waals surface area contributed by atoms with Gasteiger partial charge in [0.1, 0.15) is 11.9 Å². The predicted molar refractivity (Wildman–Crippen MR) is 142 cm³/mol. The molecule has 2 aliphatic rings. The molecular weight excluding hydrogens is 499 g/mol. The van der Waals surface area contributed by atoms with Gasteiger partial charge < -0.3 is 25.4 Å².